The molecule has 0 atom stereocenters. The fourth-order valence-corrected chi connectivity index (χ4v) is 6.07. The molecular weight excluding hydrogens is 1010 g/mol. The number of aliphatic carboxylic acids is 1. The van der Waals surface area contributed by atoms with Gasteiger partial charge in [0.05, 0.1) is 57.8 Å². The highest BCUT2D eigenvalue weighted by Gasteiger charge is 2.17. The van der Waals surface area contributed by atoms with Crippen LogP contribution in [0.1, 0.15) is 179 Å². The summed E-state index contributed by atoms with van der Waals surface area (Å²) in [5.74, 6) is -7.08. The van der Waals surface area contributed by atoms with Crippen LogP contribution >= 0.6 is 0 Å². The summed E-state index contributed by atoms with van der Waals surface area (Å²) >= 11 is 0. The van der Waals surface area contributed by atoms with Gasteiger partial charge in [0, 0.05) is 48.8 Å². The van der Waals surface area contributed by atoms with Crippen LogP contribution in [0.2, 0.25) is 0 Å². The molecule has 408 valence electrons. The van der Waals surface area contributed by atoms with Gasteiger partial charge in [-0.25, -0.2) is 32.5 Å². The second kappa shape index (κ2) is 31.0. The molecule has 5 heterocycles. The van der Waals surface area contributed by atoms with Crippen molar-refractivity contribution in [3.8, 4) is 5.88 Å². The molecule has 0 unspecified atom stereocenters. The van der Waals surface area contributed by atoms with Gasteiger partial charge in [-0.2, -0.15) is 8.42 Å². The number of carbonyl (C=O) groups excluding carboxylic acids is 2. The number of carbonyl (C=O) groups is 6. The quantitative estimate of drug-likeness (QED) is 0.0460. The Morgan fingerprint density at radius 2 is 0.947 bits per heavy atom. The monoisotopic (exact) mass is 1070 g/mol. The molecule has 25 heteroatoms. The van der Waals surface area contributed by atoms with Gasteiger partial charge in [0.15, 0.2) is 0 Å². The molecule has 5 aromatic rings. The lowest BCUT2D eigenvalue weighted by Crippen LogP contribution is -2.29. The lowest BCUT2D eigenvalue weighted by Gasteiger charge is -2.10. The SMILES string of the molecule is CC(C)c1cc(C(=O)O)ccn1.CC(C)c1ncc(C(=O)NCC(=O)O)cc1F.CC(C)c1ncc(C(=O)NCCS(=O)(=O)O)cc1F.CC(C)c1ncc(C(=O)O)cc1F.COc1ncc(C(=O)O)cc1C(C)C. The molecule has 0 saturated heterocycles. The van der Waals surface area contributed by atoms with Crippen LogP contribution in [0, 0.1) is 17.5 Å². The van der Waals surface area contributed by atoms with E-state index < -0.39 is 75.6 Å². The molecule has 5 rings (SSSR count). The molecule has 21 nitrogen and oxygen atoms in total. The Hall–Kier alpha value is -7.93. The predicted molar refractivity (Wildman–Crippen MR) is 268 cm³/mol. The fourth-order valence-electron chi connectivity index (χ4n) is 5.71. The van der Waals surface area contributed by atoms with Crippen molar-refractivity contribution in [1.29, 1.82) is 0 Å². The van der Waals surface area contributed by atoms with Crippen LogP contribution in [0.4, 0.5) is 13.2 Å². The second-order valence-corrected chi connectivity index (χ2v) is 18.9. The summed E-state index contributed by atoms with van der Waals surface area (Å²) < 4.78 is 74.7. The van der Waals surface area contributed by atoms with E-state index >= 15 is 0 Å². The highest BCUT2D eigenvalue weighted by Crippen LogP contribution is 2.25. The lowest BCUT2D eigenvalue weighted by molar-refractivity contribution is -0.135. The second-order valence-electron chi connectivity index (χ2n) is 17.4. The molecular formula is C50H62F3N7O14S. The van der Waals surface area contributed by atoms with Crippen LogP contribution in [0.25, 0.3) is 0 Å². The van der Waals surface area contributed by atoms with Crippen LogP contribution in [-0.4, -0.2) is 120 Å². The average Bonchev–Trinajstić information content (AvgIpc) is 3.32. The van der Waals surface area contributed by atoms with Crippen LogP contribution in [0.15, 0.2) is 67.4 Å². The smallest absolute Gasteiger partial charge is 0.337 e. The summed E-state index contributed by atoms with van der Waals surface area (Å²) in [4.78, 5) is 84.3. The summed E-state index contributed by atoms with van der Waals surface area (Å²) in [6.07, 6.45) is 6.45. The molecule has 0 spiro atoms. The normalized spacial score (nSPS) is 10.7. The molecule has 0 bridgehead atoms. The van der Waals surface area contributed by atoms with Gasteiger partial charge >= 0.3 is 23.9 Å². The van der Waals surface area contributed by atoms with Crippen LogP contribution in [0.5, 0.6) is 5.88 Å². The Kier molecular flexibility index (Phi) is 26.9. The average molecular weight is 1070 g/mol. The zero-order valence-electron chi connectivity index (χ0n) is 43.0. The molecule has 0 saturated carbocycles. The van der Waals surface area contributed by atoms with E-state index in [1.165, 1.54) is 44.2 Å². The zero-order chi connectivity index (χ0) is 57.5. The fraction of sp³-hybridized carbons (Fsp3) is 0.380. The van der Waals surface area contributed by atoms with Crippen molar-refractivity contribution < 1.29 is 80.1 Å². The van der Waals surface area contributed by atoms with E-state index in [-0.39, 0.29) is 69.8 Å². The minimum absolute atomic E-state index is 0.00256. The Balaban J connectivity index is 0.000000473. The van der Waals surface area contributed by atoms with Gasteiger partial charge in [-0.3, -0.25) is 38.9 Å². The molecule has 0 aliphatic rings. The molecule has 0 radical (unpaired) electrons. The number of ether oxygens (including phenoxy) is 1. The summed E-state index contributed by atoms with van der Waals surface area (Å²) in [6, 6.07) is 7.79. The lowest BCUT2D eigenvalue weighted by atomic mass is 10.0. The summed E-state index contributed by atoms with van der Waals surface area (Å²) in [5.41, 5.74) is 2.83. The van der Waals surface area contributed by atoms with Crippen molar-refractivity contribution in [2.75, 3.05) is 26.0 Å². The third-order valence-corrected chi connectivity index (χ3v) is 10.3. The Morgan fingerprint density at radius 1 is 0.547 bits per heavy atom. The Bertz CT molecular complexity index is 2890. The predicted octanol–water partition coefficient (Wildman–Crippen LogP) is 7.98. The number of halogens is 3. The molecule has 5 aromatic heterocycles. The first-order chi connectivity index (χ1) is 34.8. The topological polar surface area (TPSA) is 335 Å². The number of aromatic nitrogens is 5. The number of hydrogen-bond donors (Lipinski definition) is 7. The number of carboxylic acids is 4. The minimum atomic E-state index is -4.13. The maximum absolute atomic E-state index is 13.6. The largest absolute Gasteiger partial charge is 0.481 e. The number of rotatable bonds is 16. The number of nitrogens with zero attached hydrogens (tertiary/aromatic N) is 5. The van der Waals surface area contributed by atoms with E-state index in [1.54, 1.807) is 53.7 Å². The number of hydrogen-bond acceptors (Lipinski definition) is 14. The zero-order valence-corrected chi connectivity index (χ0v) is 43.9. The first-order valence-electron chi connectivity index (χ1n) is 22.7. The van der Waals surface area contributed by atoms with Crippen molar-refractivity contribution in [2.45, 2.75) is 98.8 Å². The highest BCUT2D eigenvalue weighted by atomic mass is 32.2. The molecule has 75 heavy (non-hydrogen) atoms. The number of carboxylic acid groups (broad SMARTS) is 4. The number of amides is 2. The Morgan fingerprint density at radius 3 is 1.31 bits per heavy atom. The molecule has 0 aliphatic carbocycles. The van der Waals surface area contributed by atoms with Crippen LogP contribution in [-0.2, 0) is 14.9 Å². The van der Waals surface area contributed by atoms with E-state index in [2.05, 4.69) is 35.6 Å². The van der Waals surface area contributed by atoms with E-state index in [0.717, 1.165) is 29.5 Å². The van der Waals surface area contributed by atoms with Gasteiger partial charge in [-0.1, -0.05) is 69.2 Å². The van der Waals surface area contributed by atoms with Crippen molar-refractivity contribution in [3.63, 3.8) is 0 Å². The molecule has 2 amide bonds. The van der Waals surface area contributed by atoms with Crippen molar-refractivity contribution in [2.24, 2.45) is 0 Å². The number of pyridine rings is 5. The van der Waals surface area contributed by atoms with Gasteiger partial charge in [-0.15, -0.1) is 0 Å². The number of aromatic carboxylic acids is 3. The van der Waals surface area contributed by atoms with E-state index in [1.807, 2.05) is 27.7 Å². The van der Waals surface area contributed by atoms with Crippen molar-refractivity contribution >= 4 is 45.8 Å². The van der Waals surface area contributed by atoms with Crippen molar-refractivity contribution in [3.05, 3.63) is 141 Å². The maximum atomic E-state index is 13.6. The molecule has 0 fully saturated rings. The van der Waals surface area contributed by atoms with Gasteiger partial charge < -0.3 is 35.8 Å². The van der Waals surface area contributed by atoms with Gasteiger partial charge in [0.1, 0.15) is 24.0 Å². The molecule has 0 aromatic carbocycles. The maximum Gasteiger partial charge on any atom is 0.337 e. The van der Waals surface area contributed by atoms with E-state index in [4.69, 9.17) is 29.7 Å². The summed E-state index contributed by atoms with van der Waals surface area (Å²) in [7, 11) is -2.61. The first kappa shape index (κ1) is 65.1. The number of nitrogens with one attached hydrogen (secondary N) is 2. The molecule has 7 N–H and O–H groups in total. The van der Waals surface area contributed by atoms with E-state index in [9.17, 15) is 50.4 Å². The summed E-state index contributed by atoms with van der Waals surface area (Å²) in [6.45, 7) is 17.8. The van der Waals surface area contributed by atoms with Crippen LogP contribution < -0.4 is 15.4 Å². The number of methoxy groups -OCH3 is 1. The van der Waals surface area contributed by atoms with Crippen LogP contribution in [0.3, 0.4) is 0 Å². The summed E-state index contributed by atoms with van der Waals surface area (Å²) in [5, 5.41) is 38.7. The highest BCUT2D eigenvalue weighted by molar-refractivity contribution is 7.85. The third kappa shape index (κ3) is 23.2. The third-order valence-electron chi connectivity index (χ3n) is 9.63. The van der Waals surface area contributed by atoms with Gasteiger partial charge in [0.25, 0.3) is 21.9 Å². The molecule has 0 aliphatic heterocycles. The van der Waals surface area contributed by atoms with E-state index in [0.29, 0.717) is 17.1 Å². The minimum Gasteiger partial charge on any atom is -0.481 e. The van der Waals surface area contributed by atoms with Gasteiger partial charge in [0.2, 0.25) is 5.88 Å². The standard InChI is InChI=1S/C11H15FN2O4S.C11H13FN2O3.C10H13NO3.C9H10FNO2.C9H11NO2/c1-7(2)10-9(12)5-8(6-14-10)11(15)13-3-4-19(16,17)18;1-6(2)10-8(12)3-7(4-13-10)11(17)14-5-9(15)16;1-6(2)8-4-7(10(12)13)5-11-9(8)14-3;1-5(2)8-7(10)3-6(4-11-8)9(12)13;1-6(2)8-5-7(9(11)12)3-4-10-8/h5-7H,3-4H2,1-2H3,(H,13,15)(H,16,17,18);3-4,6H,5H2,1-2H3,(H,14,17)(H,15,16);4-6H,1-3H3,(H,12,13);3-5H,1-2H3,(H,12,13);3-6H,1-2H3,(H,11,12). The van der Waals surface area contributed by atoms with Crippen molar-refractivity contribution in [1.82, 2.24) is 35.6 Å². The Labute approximate surface area is 431 Å². The first-order valence-corrected chi connectivity index (χ1v) is 24.3. The van der Waals surface area contributed by atoms with Gasteiger partial charge in [-0.05, 0) is 66.0 Å².